The lowest BCUT2D eigenvalue weighted by Crippen LogP contribution is -2.07. The van der Waals surface area contributed by atoms with E-state index in [-0.39, 0.29) is 22.8 Å². The van der Waals surface area contributed by atoms with Crippen molar-refractivity contribution in [1.29, 1.82) is 0 Å². The molecule has 134 valence electrons. The van der Waals surface area contributed by atoms with Crippen LogP contribution in [0, 0.1) is 0 Å². The summed E-state index contributed by atoms with van der Waals surface area (Å²) in [5, 5.41) is 17.4. The standard InChI is InChI=1S/C19H18N2O4S/c1-2-3-7-14(22)18-16(17(21-25-18)11-8-9-26-10-11)12-5-4-6-13(20)15(12)19(23)24/h4-6,8-10H,2-3,7,20H2,1H3,(H,23,24). The Morgan fingerprint density at radius 1 is 1.31 bits per heavy atom. The molecule has 0 unspecified atom stereocenters. The predicted molar refractivity (Wildman–Crippen MR) is 100 cm³/mol. The average Bonchev–Trinajstić information content (AvgIpc) is 3.27. The first kappa shape index (κ1) is 17.9. The molecule has 1 aromatic carbocycles. The van der Waals surface area contributed by atoms with Gasteiger partial charge in [-0.25, -0.2) is 4.79 Å². The van der Waals surface area contributed by atoms with Gasteiger partial charge in [-0.1, -0.05) is 30.6 Å². The van der Waals surface area contributed by atoms with Gasteiger partial charge in [0.15, 0.2) is 0 Å². The van der Waals surface area contributed by atoms with Crippen LogP contribution < -0.4 is 5.73 Å². The number of carboxylic acid groups (broad SMARTS) is 1. The molecule has 0 bridgehead atoms. The minimum absolute atomic E-state index is 0.0586. The van der Waals surface area contributed by atoms with E-state index >= 15 is 0 Å². The van der Waals surface area contributed by atoms with Crippen LogP contribution in [0.4, 0.5) is 5.69 Å². The first-order valence-corrected chi connectivity index (χ1v) is 9.16. The summed E-state index contributed by atoms with van der Waals surface area (Å²) in [6, 6.07) is 6.64. The van der Waals surface area contributed by atoms with Crippen molar-refractivity contribution in [2.24, 2.45) is 0 Å². The molecule has 6 nitrogen and oxygen atoms in total. The molecule has 0 spiro atoms. The van der Waals surface area contributed by atoms with Gasteiger partial charge in [0.25, 0.3) is 0 Å². The number of unbranched alkanes of at least 4 members (excludes halogenated alkanes) is 1. The molecular formula is C19H18N2O4S. The van der Waals surface area contributed by atoms with E-state index in [1.54, 1.807) is 12.1 Å². The van der Waals surface area contributed by atoms with Crippen molar-refractivity contribution < 1.29 is 19.2 Å². The third-order valence-electron chi connectivity index (χ3n) is 4.08. The zero-order valence-corrected chi connectivity index (χ0v) is 15.0. The molecule has 2 heterocycles. The van der Waals surface area contributed by atoms with Gasteiger partial charge in [-0.3, -0.25) is 4.79 Å². The molecule has 26 heavy (non-hydrogen) atoms. The van der Waals surface area contributed by atoms with Gasteiger partial charge >= 0.3 is 5.97 Å². The van der Waals surface area contributed by atoms with Crippen molar-refractivity contribution >= 4 is 28.8 Å². The molecule has 0 atom stereocenters. The monoisotopic (exact) mass is 370 g/mol. The number of aromatic nitrogens is 1. The van der Waals surface area contributed by atoms with E-state index in [4.69, 9.17) is 10.3 Å². The number of carbonyl (C=O) groups is 2. The number of nitrogen functional groups attached to an aromatic ring is 1. The molecule has 2 aromatic heterocycles. The lowest BCUT2D eigenvalue weighted by atomic mass is 9.93. The van der Waals surface area contributed by atoms with Crippen molar-refractivity contribution in [3.63, 3.8) is 0 Å². The maximum absolute atomic E-state index is 12.6. The zero-order valence-electron chi connectivity index (χ0n) is 14.2. The van der Waals surface area contributed by atoms with Gasteiger partial charge in [0.05, 0.1) is 11.1 Å². The highest BCUT2D eigenvalue weighted by Crippen LogP contribution is 2.39. The molecule has 0 aliphatic carbocycles. The highest BCUT2D eigenvalue weighted by atomic mass is 32.1. The number of nitrogens with zero attached hydrogens (tertiary/aromatic N) is 1. The van der Waals surface area contributed by atoms with Crippen LogP contribution in [0.25, 0.3) is 22.4 Å². The van der Waals surface area contributed by atoms with Gasteiger partial charge in [0.2, 0.25) is 11.5 Å². The lowest BCUT2D eigenvalue weighted by Gasteiger charge is -2.09. The number of carboxylic acids is 1. The Hall–Kier alpha value is -2.93. The SMILES string of the molecule is CCCCC(=O)c1onc(-c2ccsc2)c1-c1cccc(N)c1C(=O)O. The molecule has 3 aromatic rings. The fraction of sp³-hybridized carbons (Fsp3) is 0.211. The van der Waals surface area contributed by atoms with E-state index in [0.29, 0.717) is 23.2 Å². The van der Waals surface area contributed by atoms with Crippen molar-refractivity contribution in [3.8, 4) is 22.4 Å². The second-order valence-electron chi connectivity index (χ2n) is 5.85. The number of thiophene rings is 1. The van der Waals surface area contributed by atoms with Gasteiger partial charge in [-0.15, -0.1) is 0 Å². The van der Waals surface area contributed by atoms with E-state index < -0.39 is 5.97 Å². The van der Waals surface area contributed by atoms with Crippen LogP contribution in [0.5, 0.6) is 0 Å². The Morgan fingerprint density at radius 3 is 2.77 bits per heavy atom. The molecule has 0 saturated heterocycles. The van der Waals surface area contributed by atoms with Crippen LogP contribution in [0.15, 0.2) is 39.5 Å². The molecule has 0 aliphatic rings. The fourth-order valence-electron chi connectivity index (χ4n) is 2.79. The summed E-state index contributed by atoms with van der Waals surface area (Å²) < 4.78 is 5.38. The number of carbonyl (C=O) groups excluding carboxylic acids is 1. The molecular weight excluding hydrogens is 352 g/mol. The van der Waals surface area contributed by atoms with Crippen LogP contribution in [0.1, 0.15) is 47.1 Å². The first-order chi connectivity index (χ1) is 12.5. The van der Waals surface area contributed by atoms with Gasteiger partial charge in [0.1, 0.15) is 5.69 Å². The van der Waals surface area contributed by atoms with Gasteiger partial charge in [0, 0.05) is 28.6 Å². The minimum Gasteiger partial charge on any atom is -0.478 e. The number of aromatic carboxylic acids is 1. The normalized spacial score (nSPS) is 10.8. The van der Waals surface area contributed by atoms with Crippen molar-refractivity contribution in [2.75, 3.05) is 5.73 Å². The lowest BCUT2D eigenvalue weighted by molar-refractivity contribution is 0.0698. The maximum Gasteiger partial charge on any atom is 0.338 e. The summed E-state index contributed by atoms with van der Waals surface area (Å²) in [5.74, 6) is -1.29. The first-order valence-electron chi connectivity index (χ1n) is 8.22. The fourth-order valence-corrected chi connectivity index (χ4v) is 3.44. The summed E-state index contributed by atoms with van der Waals surface area (Å²) in [6.07, 6.45) is 1.90. The van der Waals surface area contributed by atoms with Crippen LogP contribution >= 0.6 is 11.3 Å². The Kier molecular flexibility index (Phi) is 5.18. The van der Waals surface area contributed by atoms with Crippen molar-refractivity contribution in [3.05, 3.63) is 46.3 Å². The molecule has 0 radical (unpaired) electrons. The van der Waals surface area contributed by atoms with Crippen molar-refractivity contribution in [2.45, 2.75) is 26.2 Å². The summed E-state index contributed by atoms with van der Waals surface area (Å²) in [4.78, 5) is 24.4. The molecule has 0 aliphatic heterocycles. The largest absolute Gasteiger partial charge is 0.478 e. The number of rotatable bonds is 7. The molecule has 3 rings (SSSR count). The number of nitrogens with two attached hydrogens (primary N) is 1. The van der Waals surface area contributed by atoms with Gasteiger partial charge in [-0.05, 0) is 23.9 Å². The van der Waals surface area contributed by atoms with Gasteiger partial charge < -0.3 is 15.4 Å². The summed E-state index contributed by atoms with van der Waals surface area (Å²) in [5.41, 5.74) is 7.88. The minimum atomic E-state index is -1.16. The number of Topliss-reactive ketones (excluding diaryl/α,β-unsaturated/α-hetero) is 1. The Balaban J connectivity index is 2.25. The van der Waals surface area contributed by atoms with E-state index in [1.165, 1.54) is 17.4 Å². The molecule has 7 heteroatoms. The Bertz CT molecular complexity index is 945. The maximum atomic E-state index is 12.6. The highest BCUT2D eigenvalue weighted by Gasteiger charge is 2.28. The summed E-state index contributed by atoms with van der Waals surface area (Å²) in [7, 11) is 0. The second-order valence-corrected chi connectivity index (χ2v) is 6.63. The average molecular weight is 370 g/mol. The summed E-state index contributed by atoms with van der Waals surface area (Å²) in [6.45, 7) is 1.99. The van der Waals surface area contributed by atoms with E-state index in [0.717, 1.165) is 18.4 Å². The van der Waals surface area contributed by atoms with Crippen LogP contribution in [-0.4, -0.2) is 22.0 Å². The second kappa shape index (κ2) is 7.53. The smallest absolute Gasteiger partial charge is 0.338 e. The van der Waals surface area contributed by atoms with Crippen LogP contribution in [0.3, 0.4) is 0 Å². The molecule has 3 N–H and O–H groups in total. The van der Waals surface area contributed by atoms with Crippen molar-refractivity contribution in [1.82, 2.24) is 5.16 Å². The molecule has 0 fully saturated rings. The number of anilines is 1. The van der Waals surface area contributed by atoms with Crippen LogP contribution in [-0.2, 0) is 0 Å². The highest BCUT2D eigenvalue weighted by molar-refractivity contribution is 7.08. The Morgan fingerprint density at radius 2 is 2.12 bits per heavy atom. The number of ketones is 1. The zero-order chi connectivity index (χ0) is 18.7. The topological polar surface area (TPSA) is 106 Å². The number of hydrogen-bond donors (Lipinski definition) is 2. The predicted octanol–water partition coefficient (Wildman–Crippen LogP) is 4.72. The van der Waals surface area contributed by atoms with Crippen LogP contribution in [0.2, 0.25) is 0 Å². The molecule has 0 amide bonds. The Labute approximate surface area is 154 Å². The molecule has 0 saturated carbocycles. The van der Waals surface area contributed by atoms with E-state index in [1.807, 2.05) is 23.8 Å². The third-order valence-corrected chi connectivity index (χ3v) is 4.76. The van der Waals surface area contributed by atoms with E-state index in [2.05, 4.69) is 5.16 Å². The number of hydrogen-bond acceptors (Lipinski definition) is 6. The third kappa shape index (κ3) is 3.25. The quantitative estimate of drug-likeness (QED) is 0.460. The summed E-state index contributed by atoms with van der Waals surface area (Å²) >= 11 is 1.48. The van der Waals surface area contributed by atoms with Gasteiger partial charge in [-0.2, -0.15) is 11.3 Å². The number of benzene rings is 1. The van der Waals surface area contributed by atoms with E-state index in [9.17, 15) is 14.7 Å².